The van der Waals surface area contributed by atoms with Gasteiger partial charge in [-0.25, -0.2) is 18.0 Å². The van der Waals surface area contributed by atoms with Crippen molar-refractivity contribution in [2.45, 2.75) is 25.0 Å². The van der Waals surface area contributed by atoms with E-state index in [1.807, 2.05) is 0 Å². The van der Waals surface area contributed by atoms with Crippen molar-refractivity contribution < 1.29 is 37.3 Å². The molecule has 0 radical (unpaired) electrons. The van der Waals surface area contributed by atoms with E-state index < -0.39 is 29.3 Å². The first-order valence-electron chi connectivity index (χ1n) is 14.6. The van der Waals surface area contributed by atoms with E-state index >= 15 is 4.39 Å². The van der Waals surface area contributed by atoms with Crippen molar-refractivity contribution in [3.05, 3.63) is 101 Å². The molecule has 0 aliphatic carbocycles. The van der Waals surface area contributed by atoms with E-state index in [2.05, 4.69) is 16.0 Å². The molecule has 11 heteroatoms. The molecule has 4 aromatic carbocycles. The third-order valence-electron chi connectivity index (χ3n) is 7.83. The second kappa shape index (κ2) is 13.0. The number of halogens is 3. The number of anilines is 1. The summed E-state index contributed by atoms with van der Waals surface area (Å²) in [4.78, 5) is 25.2. The summed E-state index contributed by atoms with van der Waals surface area (Å²) >= 11 is 0. The maximum atomic E-state index is 15.1. The minimum absolute atomic E-state index is 0.00971. The van der Waals surface area contributed by atoms with Crippen LogP contribution >= 0.6 is 0 Å². The lowest BCUT2D eigenvalue weighted by Crippen LogP contribution is -2.20. The van der Waals surface area contributed by atoms with E-state index in [0.29, 0.717) is 41.4 Å². The van der Waals surface area contributed by atoms with Crippen LogP contribution in [0.25, 0.3) is 22.3 Å². The van der Waals surface area contributed by atoms with Crippen molar-refractivity contribution >= 4 is 17.6 Å². The second-order valence-corrected chi connectivity index (χ2v) is 11.0. The number of rotatable bonds is 9. The highest BCUT2D eigenvalue weighted by Gasteiger charge is 2.23. The number of hydrogen-bond acceptors (Lipinski definition) is 6. The average Bonchev–Trinajstić information content (AvgIpc) is 3.74. The maximum Gasteiger partial charge on any atom is 0.335 e. The van der Waals surface area contributed by atoms with Crippen molar-refractivity contribution in [1.82, 2.24) is 10.6 Å². The molecule has 2 atom stereocenters. The number of carbonyl (C=O) groups excluding carboxylic acids is 1. The SMILES string of the molecule is O=C(O)c1ccc(F)c(-c2cc(NC(=O)c3ccc(O[C@H]4CCNC4)c(-c4ccc(F)c(F)c4)c3)ccc2O[C@H]2CCNC2)c1. The molecule has 0 aromatic heterocycles. The standard InChI is InChI=1S/C34H30F3N3O5/c35-28-5-2-21(34(42)43)14-26(28)27-16-22(4-8-32(27)45-24-10-12-39-18-24)40-33(41)20-3-7-31(44-23-9-11-38-17-23)25(13-20)19-1-6-29(36)30(37)15-19/h1-8,13-16,23-24,38-39H,9-12,17-18H2,(H,40,41)(H,42,43)/t23-,24-/m0/s1. The van der Waals surface area contributed by atoms with E-state index in [1.165, 1.54) is 24.3 Å². The zero-order valence-electron chi connectivity index (χ0n) is 24.0. The van der Waals surface area contributed by atoms with Crippen molar-refractivity contribution in [2.75, 3.05) is 31.5 Å². The first-order chi connectivity index (χ1) is 21.7. The quantitative estimate of drug-likeness (QED) is 0.186. The molecule has 0 saturated carbocycles. The van der Waals surface area contributed by atoms with Gasteiger partial charge in [-0.05, 0) is 98.2 Å². The lowest BCUT2D eigenvalue weighted by Gasteiger charge is -2.19. The molecule has 2 aliphatic heterocycles. The van der Waals surface area contributed by atoms with Gasteiger partial charge in [0.2, 0.25) is 0 Å². The predicted octanol–water partition coefficient (Wildman–Crippen LogP) is 5.87. The van der Waals surface area contributed by atoms with Crippen molar-refractivity contribution in [3.63, 3.8) is 0 Å². The van der Waals surface area contributed by atoms with Gasteiger partial charge < -0.3 is 30.5 Å². The van der Waals surface area contributed by atoms with Gasteiger partial charge in [0.15, 0.2) is 11.6 Å². The number of aromatic carboxylic acids is 1. The number of carboxylic acid groups (broad SMARTS) is 1. The summed E-state index contributed by atoms with van der Waals surface area (Å²) in [5.74, 6) is -3.64. The van der Waals surface area contributed by atoms with Gasteiger partial charge in [0.25, 0.3) is 5.91 Å². The molecule has 0 bridgehead atoms. The molecule has 2 saturated heterocycles. The Morgan fingerprint density at radius 3 is 1.96 bits per heavy atom. The summed E-state index contributed by atoms with van der Waals surface area (Å²) in [7, 11) is 0. The minimum Gasteiger partial charge on any atom is -0.488 e. The second-order valence-electron chi connectivity index (χ2n) is 11.0. The van der Waals surface area contributed by atoms with Crippen LogP contribution in [0.1, 0.15) is 33.6 Å². The Balaban J connectivity index is 1.33. The number of carbonyl (C=O) groups is 2. The summed E-state index contributed by atoms with van der Waals surface area (Å²) in [5, 5.41) is 18.7. The van der Waals surface area contributed by atoms with Gasteiger partial charge in [-0.2, -0.15) is 0 Å². The van der Waals surface area contributed by atoms with Crippen molar-refractivity contribution in [3.8, 4) is 33.8 Å². The van der Waals surface area contributed by atoms with Crippen LogP contribution in [0.5, 0.6) is 11.5 Å². The van der Waals surface area contributed by atoms with Crippen LogP contribution in [-0.4, -0.2) is 55.4 Å². The van der Waals surface area contributed by atoms with Crippen molar-refractivity contribution in [1.29, 1.82) is 0 Å². The topological polar surface area (TPSA) is 109 Å². The van der Waals surface area contributed by atoms with Crippen LogP contribution in [0.15, 0.2) is 72.8 Å². The van der Waals surface area contributed by atoms with Gasteiger partial charge in [0.05, 0.1) is 5.56 Å². The molecule has 232 valence electrons. The summed E-state index contributed by atoms with van der Waals surface area (Å²) in [6.07, 6.45) is 1.24. The molecule has 4 N–H and O–H groups in total. The van der Waals surface area contributed by atoms with E-state index in [4.69, 9.17) is 9.47 Å². The largest absolute Gasteiger partial charge is 0.488 e. The minimum atomic E-state index is -1.21. The fourth-order valence-corrected chi connectivity index (χ4v) is 5.47. The zero-order valence-corrected chi connectivity index (χ0v) is 24.0. The summed E-state index contributed by atoms with van der Waals surface area (Å²) in [6.45, 7) is 2.80. The molecular weight excluding hydrogens is 587 g/mol. The Hall–Kier alpha value is -4.87. The molecule has 4 aromatic rings. The molecule has 2 heterocycles. The first-order valence-corrected chi connectivity index (χ1v) is 14.6. The zero-order chi connectivity index (χ0) is 31.5. The summed E-state index contributed by atoms with van der Waals surface area (Å²) in [5.41, 5.74) is 1.45. The van der Waals surface area contributed by atoms with Crippen molar-refractivity contribution in [2.24, 2.45) is 0 Å². The smallest absolute Gasteiger partial charge is 0.335 e. The average molecular weight is 618 g/mol. The molecule has 1 amide bonds. The molecule has 45 heavy (non-hydrogen) atoms. The van der Waals surface area contributed by atoms with Gasteiger partial charge in [-0.1, -0.05) is 6.07 Å². The van der Waals surface area contributed by atoms with Gasteiger partial charge >= 0.3 is 5.97 Å². The lowest BCUT2D eigenvalue weighted by molar-refractivity contribution is 0.0696. The fourth-order valence-electron chi connectivity index (χ4n) is 5.47. The van der Waals surface area contributed by atoms with Gasteiger partial charge in [0, 0.05) is 41.0 Å². The number of ether oxygens (including phenoxy) is 2. The molecule has 2 aliphatic rings. The van der Waals surface area contributed by atoms with Crippen LogP contribution < -0.4 is 25.4 Å². The van der Waals surface area contributed by atoms with Gasteiger partial charge in [-0.3, -0.25) is 4.79 Å². The van der Waals surface area contributed by atoms with Crippen LogP contribution in [0.4, 0.5) is 18.9 Å². The molecule has 2 fully saturated rings. The summed E-state index contributed by atoms with van der Waals surface area (Å²) < 4.78 is 55.3. The Labute approximate surface area is 257 Å². The van der Waals surface area contributed by atoms with E-state index in [1.54, 1.807) is 30.3 Å². The lowest BCUT2D eigenvalue weighted by atomic mass is 9.99. The van der Waals surface area contributed by atoms with Crippen LogP contribution in [0.3, 0.4) is 0 Å². The molecule has 8 nitrogen and oxygen atoms in total. The van der Waals surface area contributed by atoms with Crippen LogP contribution in [0.2, 0.25) is 0 Å². The molecule has 0 spiro atoms. The number of nitrogens with one attached hydrogen (secondary N) is 3. The number of amides is 1. The third kappa shape index (κ3) is 6.79. The van der Waals surface area contributed by atoms with Crippen LogP contribution in [-0.2, 0) is 0 Å². The highest BCUT2D eigenvalue weighted by molar-refractivity contribution is 6.05. The summed E-state index contributed by atoms with van der Waals surface area (Å²) in [6, 6.07) is 16.4. The Kier molecular flexibility index (Phi) is 8.72. The highest BCUT2D eigenvalue weighted by atomic mass is 19.2. The molecular formula is C34H30F3N3O5. The maximum absolute atomic E-state index is 15.1. The van der Waals surface area contributed by atoms with E-state index in [9.17, 15) is 23.5 Å². The van der Waals surface area contributed by atoms with E-state index in [0.717, 1.165) is 44.1 Å². The van der Waals surface area contributed by atoms with Gasteiger partial charge in [0.1, 0.15) is 29.5 Å². The van der Waals surface area contributed by atoms with Gasteiger partial charge in [-0.15, -0.1) is 0 Å². The first kappa shape index (κ1) is 30.2. The molecule has 0 unspecified atom stereocenters. The Morgan fingerprint density at radius 2 is 1.31 bits per heavy atom. The normalized spacial score (nSPS) is 17.7. The monoisotopic (exact) mass is 617 g/mol. The highest BCUT2D eigenvalue weighted by Crippen LogP contribution is 2.37. The third-order valence-corrected chi connectivity index (χ3v) is 7.83. The predicted molar refractivity (Wildman–Crippen MR) is 162 cm³/mol. The van der Waals surface area contributed by atoms with Crippen LogP contribution in [0, 0.1) is 17.5 Å². The number of hydrogen-bond donors (Lipinski definition) is 4. The number of carboxylic acids is 1. The van der Waals surface area contributed by atoms with E-state index in [-0.39, 0.29) is 34.5 Å². The Bertz CT molecular complexity index is 1750. The number of benzene rings is 4. The fraction of sp³-hybridized carbons (Fsp3) is 0.235. The molecule has 6 rings (SSSR count). The Morgan fingerprint density at radius 1 is 0.689 bits per heavy atom.